The molecular formula is C19H21BrN2O2. The fourth-order valence-corrected chi connectivity index (χ4v) is 2.56. The van der Waals surface area contributed by atoms with Gasteiger partial charge in [-0.05, 0) is 43.7 Å². The van der Waals surface area contributed by atoms with E-state index in [0.29, 0.717) is 12.1 Å². The van der Waals surface area contributed by atoms with Crippen molar-refractivity contribution in [1.29, 1.82) is 0 Å². The highest BCUT2D eigenvalue weighted by atomic mass is 79.9. The minimum Gasteiger partial charge on any atom is -0.343 e. The van der Waals surface area contributed by atoms with Gasteiger partial charge in [-0.3, -0.25) is 9.59 Å². The van der Waals surface area contributed by atoms with Crippen molar-refractivity contribution in [3.8, 4) is 0 Å². The maximum Gasteiger partial charge on any atom is 0.251 e. The van der Waals surface area contributed by atoms with E-state index in [0.717, 1.165) is 10.0 Å². The molecular weight excluding hydrogens is 368 g/mol. The van der Waals surface area contributed by atoms with E-state index in [4.69, 9.17) is 0 Å². The standard InChI is InChI=1S/C19H21BrN2O2/c1-14(2)22(13-15-6-4-3-5-7-15)18(23)12-21-19(24)16-8-10-17(20)11-9-16/h3-11,14H,12-13H2,1-2H3,(H,21,24). The largest absolute Gasteiger partial charge is 0.343 e. The van der Waals surface area contributed by atoms with Crippen molar-refractivity contribution in [1.82, 2.24) is 10.2 Å². The molecule has 0 aliphatic carbocycles. The van der Waals surface area contributed by atoms with Gasteiger partial charge in [0.05, 0.1) is 6.54 Å². The average molecular weight is 389 g/mol. The van der Waals surface area contributed by atoms with Gasteiger partial charge in [0.1, 0.15) is 0 Å². The van der Waals surface area contributed by atoms with Gasteiger partial charge in [-0.2, -0.15) is 0 Å². The number of amides is 2. The first-order chi connectivity index (χ1) is 11.5. The predicted molar refractivity (Wildman–Crippen MR) is 98.6 cm³/mol. The number of halogens is 1. The number of rotatable bonds is 6. The molecule has 2 aromatic carbocycles. The molecule has 0 spiro atoms. The monoisotopic (exact) mass is 388 g/mol. The van der Waals surface area contributed by atoms with Gasteiger partial charge in [-0.1, -0.05) is 46.3 Å². The summed E-state index contributed by atoms with van der Waals surface area (Å²) in [6, 6.07) is 16.9. The highest BCUT2D eigenvalue weighted by Gasteiger charge is 2.18. The third-order valence-corrected chi connectivity index (χ3v) is 4.17. The number of nitrogens with one attached hydrogen (secondary N) is 1. The second-order valence-corrected chi connectivity index (χ2v) is 6.71. The Kier molecular flexibility index (Phi) is 6.55. The van der Waals surface area contributed by atoms with Crippen molar-refractivity contribution in [3.05, 3.63) is 70.2 Å². The SMILES string of the molecule is CC(C)N(Cc1ccccc1)C(=O)CNC(=O)c1ccc(Br)cc1. The van der Waals surface area contributed by atoms with Crippen LogP contribution in [0.3, 0.4) is 0 Å². The molecule has 0 fully saturated rings. The summed E-state index contributed by atoms with van der Waals surface area (Å²) in [5.74, 6) is -0.349. The minimum atomic E-state index is -0.251. The minimum absolute atomic E-state index is 0.0140. The van der Waals surface area contributed by atoms with Crippen LogP contribution in [-0.2, 0) is 11.3 Å². The van der Waals surface area contributed by atoms with Crippen molar-refractivity contribution in [2.45, 2.75) is 26.4 Å². The smallest absolute Gasteiger partial charge is 0.251 e. The van der Waals surface area contributed by atoms with Gasteiger partial charge in [0.25, 0.3) is 5.91 Å². The molecule has 24 heavy (non-hydrogen) atoms. The highest BCUT2D eigenvalue weighted by Crippen LogP contribution is 2.11. The summed E-state index contributed by atoms with van der Waals surface area (Å²) in [5.41, 5.74) is 1.60. The van der Waals surface area contributed by atoms with Crippen molar-refractivity contribution in [2.24, 2.45) is 0 Å². The lowest BCUT2D eigenvalue weighted by Gasteiger charge is -2.27. The lowest BCUT2D eigenvalue weighted by Crippen LogP contribution is -2.43. The first-order valence-corrected chi connectivity index (χ1v) is 8.64. The summed E-state index contributed by atoms with van der Waals surface area (Å²) < 4.78 is 0.906. The summed E-state index contributed by atoms with van der Waals surface area (Å²) >= 11 is 3.33. The topological polar surface area (TPSA) is 49.4 Å². The van der Waals surface area contributed by atoms with E-state index in [1.807, 2.05) is 44.2 Å². The van der Waals surface area contributed by atoms with E-state index >= 15 is 0 Å². The van der Waals surface area contributed by atoms with E-state index < -0.39 is 0 Å². The second kappa shape index (κ2) is 8.64. The second-order valence-electron chi connectivity index (χ2n) is 5.79. The lowest BCUT2D eigenvalue weighted by molar-refractivity contribution is -0.132. The van der Waals surface area contributed by atoms with Gasteiger partial charge < -0.3 is 10.2 Å². The van der Waals surface area contributed by atoms with Crippen LogP contribution >= 0.6 is 15.9 Å². The summed E-state index contributed by atoms with van der Waals surface area (Å²) in [5, 5.41) is 2.69. The molecule has 0 heterocycles. The fraction of sp³-hybridized carbons (Fsp3) is 0.263. The zero-order valence-electron chi connectivity index (χ0n) is 13.8. The maximum atomic E-state index is 12.5. The van der Waals surface area contributed by atoms with Crippen LogP contribution in [0.25, 0.3) is 0 Å². The average Bonchev–Trinajstić information content (AvgIpc) is 2.58. The van der Waals surface area contributed by atoms with E-state index in [-0.39, 0.29) is 24.4 Å². The Hall–Kier alpha value is -2.14. The molecule has 0 bridgehead atoms. The van der Waals surface area contributed by atoms with E-state index in [9.17, 15) is 9.59 Å². The van der Waals surface area contributed by atoms with Gasteiger partial charge in [0, 0.05) is 22.6 Å². The van der Waals surface area contributed by atoms with Gasteiger partial charge >= 0.3 is 0 Å². The first-order valence-electron chi connectivity index (χ1n) is 7.84. The molecule has 0 aromatic heterocycles. The molecule has 2 amide bonds. The molecule has 2 aromatic rings. The number of hydrogen-bond donors (Lipinski definition) is 1. The summed E-state index contributed by atoms with van der Waals surface area (Å²) in [4.78, 5) is 26.4. The molecule has 1 N–H and O–H groups in total. The fourth-order valence-electron chi connectivity index (χ4n) is 2.30. The van der Waals surface area contributed by atoms with Gasteiger partial charge in [-0.15, -0.1) is 0 Å². The molecule has 2 rings (SSSR count). The molecule has 0 saturated heterocycles. The predicted octanol–water partition coefficient (Wildman–Crippen LogP) is 3.62. The van der Waals surface area contributed by atoms with Crippen LogP contribution in [0.5, 0.6) is 0 Å². The van der Waals surface area contributed by atoms with Crippen LogP contribution in [0.4, 0.5) is 0 Å². The molecule has 5 heteroatoms. The van der Waals surface area contributed by atoms with Gasteiger partial charge in [0.2, 0.25) is 5.91 Å². The molecule has 0 aliphatic rings. The molecule has 0 saturated carbocycles. The van der Waals surface area contributed by atoms with Crippen LogP contribution < -0.4 is 5.32 Å². The Balaban J connectivity index is 1.95. The molecule has 126 valence electrons. The summed E-state index contributed by atoms with van der Waals surface area (Å²) in [7, 11) is 0. The molecule has 0 aliphatic heterocycles. The van der Waals surface area contributed by atoms with Crippen LogP contribution in [0.1, 0.15) is 29.8 Å². The van der Waals surface area contributed by atoms with Crippen molar-refractivity contribution in [2.75, 3.05) is 6.54 Å². The Labute approximate surface area is 151 Å². The van der Waals surface area contributed by atoms with Crippen LogP contribution in [0, 0.1) is 0 Å². The molecule has 0 unspecified atom stereocenters. The van der Waals surface area contributed by atoms with E-state index in [1.54, 1.807) is 29.2 Å². The highest BCUT2D eigenvalue weighted by molar-refractivity contribution is 9.10. The van der Waals surface area contributed by atoms with Crippen LogP contribution in [0.2, 0.25) is 0 Å². The molecule has 4 nitrogen and oxygen atoms in total. The normalized spacial score (nSPS) is 10.5. The zero-order valence-corrected chi connectivity index (χ0v) is 15.4. The maximum absolute atomic E-state index is 12.5. The van der Waals surface area contributed by atoms with E-state index in [2.05, 4.69) is 21.2 Å². The number of benzene rings is 2. The Morgan fingerprint density at radius 2 is 1.67 bits per heavy atom. The van der Waals surface area contributed by atoms with Crippen molar-refractivity contribution < 1.29 is 9.59 Å². The van der Waals surface area contributed by atoms with Gasteiger partial charge in [-0.25, -0.2) is 0 Å². The Morgan fingerprint density at radius 3 is 2.25 bits per heavy atom. The third-order valence-electron chi connectivity index (χ3n) is 3.65. The first kappa shape index (κ1) is 18.2. The number of nitrogens with zero attached hydrogens (tertiary/aromatic N) is 1. The molecule has 0 radical (unpaired) electrons. The number of carbonyl (C=O) groups is 2. The summed E-state index contributed by atoms with van der Waals surface area (Å²) in [6.45, 7) is 4.46. The van der Waals surface area contributed by atoms with Crippen molar-refractivity contribution in [3.63, 3.8) is 0 Å². The van der Waals surface area contributed by atoms with Crippen LogP contribution in [0.15, 0.2) is 59.1 Å². The van der Waals surface area contributed by atoms with Crippen molar-refractivity contribution >= 4 is 27.7 Å². The number of carbonyl (C=O) groups excluding carboxylic acids is 2. The molecule has 0 atom stereocenters. The quantitative estimate of drug-likeness (QED) is 0.821. The number of hydrogen-bond acceptors (Lipinski definition) is 2. The Morgan fingerprint density at radius 1 is 1.04 bits per heavy atom. The lowest BCUT2D eigenvalue weighted by atomic mass is 10.2. The third kappa shape index (κ3) is 5.20. The van der Waals surface area contributed by atoms with Crippen LogP contribution in [-0.4, -0.2) is 29.3 Å². The zero-order chi connectivity index (χ0) is 17.5. The summed E-state index contributed by atoms with van der Waals surface area (Å²) in [6.07, 6.45) is 0. The van der Waals surface area contributed by atoms with Gasteiger partial charge in [0.15, 0.2) is 0 Å². The van der Waals surface area contributed by atoms with E-state index in [1.165, 1.54) is 0 Å². The Bertz CT molecular complexity index is 684.